The average molecular weight is 393 g/mol. The first-order chi connectivity index (χ1) is 13.5. The molecule has 10 heteroatoms. The number of nitro groups is 1. The zero-order chi connectivity index (χ0) is 20.8. The lowest BCUT2D eigenvalue weighted by atomic mass is 10.2. The summed E-state index contributed by atoms with van der Waals surface area (Å²) in [5.74, 6) is 0.231. The van der Waals surface area contributed by atoms with E-state index >= 15 is 0 Å². The van der Waals surface area contributed by atoms with Crippen molar-refractivity contribution in [3.63, 3.8) is 0 Å². The molecule has 0 saturated heterocycles. The van der Waals surface area contributed by atoms with Gasteiger partial charge in [-0.2, -0.15) is 0 Å². The van der Waals surface area contributed by atoms with Gasteiger partial charge in [-0.1, -0.05) is 6.58 Å². The minimum atomic E-state index is -0.568. The van der Waals surface area contributed by atoms with E-state index in [9.17, 15) is 19.7 Å². The molecular formula is C18H25N4O6. The number of nitrogens with one attached hydrogen (secondary N) is 3. The summed E-state index contributed by atoms with van der Waals surface area (Å²) in [4.78, 5) is 32.9. The second-order valence-corrected chi connectivity index (χ2v) is 5.56. The number of methoxy groups -OCH3 is 1. The van der Waals surface area contributed by atoms with Crippen LogP contribution < -0.4 is 25.4 Å². The summed E-state index contributed by atoms with van der Waals surface area (Å²) < 4.78 is 10.6. The van der Waals surface area contributed by atoms with E-state index in [-0.39, 0.29) is 36.3 Å². The van der Waals surface area contributed by atoms with Crippen LogP contribution in [0.5, 0.6) is 11.5 Å². The summed E-state index contributed by atoms with van der Waals surface area (Å²) in [7, 11) is 1.43. The molecule has 0 unspecified atom stereocenters. The molecule has 0 saturated carbocycles. The Hall–Kier alpha value is -3.14. The van der Waals surface area contributed by atoms with E-state index in [4.69, 9.17) is 9.47 Å². The van der Waals surface area contributed by atoms with Crippen molar-refractivity contribution in [2.75, 3.05) is 39.9 Å². The standard InChI is InChI=1S/C18H25N4O6/c1-3-17(23)20-10-8-19-9-11-21-18(24)5-4-12-28-16-13-14(22(25)26)6-7-15(16)27-2/h3,7,13,19H,1,4-5,8-12H2,2H3,(H,20,23)(H,21,24). The lowest BCUT2D eigenvalue weighted by molar-refractivity contribution is -0.385. The van der Waals surface area contributed by atoms with Crippen LogP contribution >= 0.6 is 0 Å². The van der Waals surface area contributed by atoms with Crippen LogP contribution in [0.25, 0.3) is 0 Å². The normalized spacial score (nSPS) is 10.0. The Bertz CT molecular complexity index is 680. The summed E-state index contributed by atoms with van der Waals surface area (Å²) in [6.45, 7) is 5.68. The summed E-state index contributed by atoms with van der Waals surface area (Å²) in [6.07, 6.45) is 1.92. The van der Waals surface area contributed by atoms with Crippen molar-refractivity contribution in [1.82, 2.24) is 16.0 Å². The molecule has 0 atom stereocenters. The van der Waals surface area contributed by atoms with Gasteiger partial charge in [-0.25, -0.2) is 0 Å². The maximum Gasteiger partial charge on any atom is 0.281 e. The molecule has 153 valence electrons. The quantitative estimate of drug-likeness (QED) is 0.182. The van der Waals surface area contributed by atoms with Gasteiger partial charge < -0.3 is 25.4 Å². The topological polar surface area (TPSA) is 132 Å². The van der Waals surface area contributed by atoms with E-state index in [1.807, 2.05) is 0 Å². The Labute approximate surface area is 163 Å². The van der Waals surface area contributed by atoms with Crippen molar-refractivity contribution in [1.29, 1.82) is 0 Å². The van der Waals surface area contributed by atoms with Gasteiger partial charge >= 0.3 is 0 Å². The molecule has 10 nitrogen and oxygen atoms in total. The Morgan fingerprint density at radius 2 is 1.96 bits per heavy atom. The van der Waals surface area contributed by atoms with E-state index in [2.05, 4.69) is 28.6 Å². The molecule has 0 heterocycles. The largest absolute Gasteiger partial charge is 0.493 e. The smallest absolute Gasteiger partial charge is 0.281 e. The number of nitrogens with zero attached hydrogens (tertiary/aromatic N) is 1. The molecule has 0 bridgehead atoms. The van der Waals surface area contributed by atoms with Gasteiger partial charge in [0.05, 0.1) is 30.8 Å². The van der Waals surface area contributed by atoms with Gasteiger partial charge in [0.1, 0.15) is 0 Å². The summed E-state index contributed by atoms with van der Waals surface area (Å²) in [5, 5.41) is 19.3. The van der Waals surface area contributed by atoms with Crippen LogP contribution in [0, 0.1) is 16.2 Å². The monoisotopic (exact) mass is 393 g/mol. The van der Waals surface area contributed by atoms with Gasteiger partial charge in [0.25, 0.3) is 5.69 Å². The highest BCUT2D eigenvalue weighted by Gasteiger charge is 2.13. The van der Waals surface area contributed by atoms with E-state index in [0.717, 1.165) is 0 Å². The molecule has 0 aliphatic carbocycles. The van der Waals surface area contributed by atoms with E-state index in [1.165, 1.54) is 25.3 Å². The molecule has 1 radical (unpaired) electrons. The molecule has 1 rings (SSSR count). The molecule has 3 N–H and O–H groups in total. The second kappa shape index (κ2) is 13.1. The highest BCUT2D eigenvalue weighted by atomic mass is 16.6. The van der Waals surface area contributed by atoms with Crippen molar-refractivity contribution < 1.29 is 24.0 Å². The molecule has 0 aliphatic heterocycles. The van der Waals surface area contributed by atoms with E-state index in [0.29, 0.717) is 38.3 Å². The minimum Gasteiger partial charge on any atom is -0.493 e. The van der Waals surface area contributed by atoms with Crippen LogP contribution in [0.1, 0.15) is 12.8 Å². The molecule has 1 aromatic carbocycles. The predicted octanol–water partition coefficient (Wildman–Crippen LogP) is 0.571. The first-order valence-electron chi connectivity index (χ1n) is 8.72. The minimum absolute atomic E-state index is 0.121. The molecule has 2 amide bonds. The number of ether oxygens (including phenoxy) is 2. The third-order valence-corrected chi connectivity index (χ3v) is 3.49. The van der Waals surface area contributed by atoms with E-state index < -0.39 is 4.92 Å². The molecule has 0 spiro atoms. The number of nitro benzene ring substituents is 1. The van der Waals surface area contributed by atoms with Crippen LogP contribution in [-0.2, 0) is 9.59 Å². The van der Waals surface area contributed by atoms with Crippen LogP contribution in [-0.4, -0.2) is 56.6 Å². The lowest BCUT2D eigenvalue weighted by Crippen LogP contribution is -2.36. The fourth-order valence-corrected chi connectivity index (χ4v) is 2.09. The molecule has 0 aliphatic rings. The highest BCUT2D eigenvalue weighted by Crippen LogP contribution is 2.30. The fourth-order valence-electron chi connectivity index (χ4n) is 2.09. The van der Waals surface area contributed by atoms with Gasteiger partial charge in [-0.3, -0.25) is 19.7 Å². The number of carbonyl (C=O) groups is 2. The SMILES string of the molecule is C=CC(=O)NCCNCCNC(=O)CCCOc1cc([N+](=O)[O-])[c]cc1OC. The van der Waals surface area contributed by atoms with Crippen LogP contribution in [0.4, 0.5) is 5.69 Å². The number of amides is 2. The summed E-state index contributed by atoms with van der Waals surface area (Å²) >= 11 is 0. The molecule has 0 aromatic heterocycles. The lowest BCUT2D eigenvalue weighted by Gasteiger charge is -2.10. The van der Waals surface area contributed by atoms with Crippen LogP contribution in [0.2, 0.25) is 0 Å². The van der Waals surface area contributed by atoms with Crippen molar-refractivity contribution in [2.24, 2.45) is 0 Å². The average Bonchev–Trinajstić information content (AvgIpc) is 2.69. The number of non-ortho nitro benzene ring substituents is 1. The number of benzene rings is 1. The molecule has 1 aromatic rings. The fraction of sp³-hybridized carbons (Fsp3) is 0.444. The number of carbonyl (C=O) groups excluding carboxylic acids is 2. The van der Waals surface area contributed by atoms with Crippen LogP contribution in [0.15, 0.2) is 24.8 Å². The van der Waals surface area contributed by atoms with Crippen molar-refractivity contribution in [3.8, 4) is 11.5 Å². The Morgan fingerprint density at radius 3 is 2.61 bits per heavy atom. The maximum absolute atomic E-state index is 11.8. The zero-order valence-corrected chi connectivity index (χ0v) is 15.8. The number of hydrogen-bond acceptors (Lipinski definition) is 7. The number of hydrogen-bond donors (Lipinski definition) is 3. The van der Waals surface area contributed by atoms with E-state index in [1.54, 1.807) is 0 Å². The van der Waals surface area contributed by atoms with Gasteiger partial charge in [-0.15, -0.1) is 0 Å². The molecular weight excluding hydrogens is 368 g/mol. The summed E-state index contributed by atoms with van der Waals surface area (Å²) in [5.41, 5.74) is -0.217. The summed E-state index contributed by atoms with van der Waals surface area (Å²) in [6, 6.07) is 5.07. The van der Waals surface area contributed by atoms with Crippen molar-refractivity contribution in [2.45, 2.75) is 12.8 Å². The Balaban J connectivity index is 2.17. The van der Waals surface area contributed by atoms with Crippen molar-refractivity contribution in [3.05, 3.63) is 41.0 Å². The Kier molecular flexibility index (Phi) is 10.7. The second-order valence-electron chi connectivity index (χ2n) is 5.56. The van der Waals surface area contributed by atoms with Crippen molar-refractivity contribution >= 4 is 17.5 Å². The molecule has 0 fully saturated rings. The van der Waals surface area contributed by atoms with Gasteiger partial charge in [0.2, 0.25) is 11.8 Å². The third kappa shape index (κ3) is 8.99. The third-order valence-electron chi connectivity index (χ3n) is 3.49. The highest BCUT2D eigenvalue weighted by molar-refractivity contribution is 5.86. The van der Waals surface area contributed by atoms with Crippen LogP contribution in [0.3, 0.4) is 0 Å². The van der Waals surface area contributed by atoms with Gasteiger partial charge in [-0.05, 0) is 18.6 Å². The zero-order valence-electron chi connectivity index (χ0n) is 15.8. The predicted molar refractivity (Wildman–Crippen MR) is 102 cm³/mol. The molecule has 28 heavy (non-hydrogen) atoms. The first-order valence-corrected chi connectivity index (χ1v) is 8.72. The maximum atomic E-state index is 11.8. The Morgan fingerprint density at radius 1 is 1.25 bits per heavy atom. The van der Waals surface area contributed by atoms with Gasteiger partial charge in [0.15, 0.2) is 11.5 Å². The van der Waals surface area contributed by atoms with Gasteiger partial charge in [0, 0.05) is 32.6 Å². The number of rotatable bonds is 14. The first kappa shape index (κ1) is 22.9.